The van der Waals surface area contributed by atoms with Crippen molar-refractivity contribution >= 4 is 94.3 Å². The molecule has 4 N–H and O–H groups in total. The highest BCUT2D eigenvalue weighted by Crippen LogP contribution is 2.43. The first-order valence-electron chi connectivity index (χ1n) is 20.3. The molecule has 0 atom stereocenters. The molecule has 64 heavy (non-hydrogen) atoms. The van der Waals surface area contributed by atoms with Crippen LogP contribution in [-0.2, 0) is 20.2 Å². The molecule has 342 valence electrons. The molecule has 0 amide bonds. The zero-order valence-electron chi connectivity index (χ0n) is 36.3. The molecular weight excluding hydrogens is 885 g/mol. The number of nitrogens with zero attached hydrogens (tertiary/aromatic N) is 9. The van der Waals surface area contributed by atoms with Gasteiger partial charge in [0.05, 0.1) is 48.6 Å². The minimum Gasteiger partial charge on any atom is -0.494 e. The molecular formula is C42H52N10O9S3. The van der Waals surface area contributed by atoms with Crippen LogP contribution in [0.1, 0.15) is 47.0 Å². The summed E-state index contributed by atoms with van der Waals surface area (Å²) >= 11 is 1.37. The number of azo groups is 2. The number of nitrogens with one attached hydrogen (secondary N) is 1. The Morgan fingerprint density at radius 3 is 1.69 bits per heavy atom. The Balaban J connectivity index is 1.74. The summed E-state index contributed by atoms with van der Waals surface area (Å²) in [5.41, 5.74) is 2.35. The van der Waals surface area contributed by atoms with Gasteiger partial charge in [-0.05, 0) is 76.9 Å². The third-order valence-electron chi connectivity index (χ3n) is 9.72. The second-order valence-electron chi connectivity index (χ2n) is 13.7. The average Bonchev–Trinajstić information content (AvgIpc) is 3.27. The number of amidine groups is 1. The maximum absolute atomic E-state index is 12.2. The van der Waals surface area contributed by atoms with Crippen molar-refractivity contribution in [2.45, 2.75) is 56.7 Å². The lowest BCUT2D eigenvalue weighted by atomic mass is 10.1. The molecule has 0 saturated heterocycles. The van der Waals surface area contributed by atoms with Gasteiger partial charge >= 0.3 is 0 Å². The second kappa shape index (κ2) is 22.7. The average molecular weight is 937 g/mol. The van der Waals surface area contributed by atoms with Crippen LogP contribution in [0.5, 0.6) is 11.5 Å². The highest BCUT2D eigenvalue weighted by molar-refractivity contribution is 8.14. The molecule has 0 aliphatic carbocycles. The zero-order valence-corrected chi connectivity index (χ0v) is 38.8. The van der Waals surface area contributed by atoms with Gasteiger partial charge in [0.25, 0.3) is 26.2 Å². The van der Waals surface area contributed by atoms with Crippen LogP contribution < -0.4 is 24.6 Å². The molecule has 4 aromatic rings. The smallest absolute Gasteiger partial charge is 0.296 e. The van der Waals surface area contributed by atoms with E-state index in [-0.39, 0.29) is 41.0 Å². The summed E-state index contributed by atoms with van der Waals surface area (Å²) in [6.07, 6.45) is 1.52. The quantitative estimate of drug-likeness (QED) is 0.0536. The van der Waals surface area contributed by atoms with E-state index in [1.807, 2.05) is 33.8 Å². The van der Waals surface area contributed by atoms with E-state index >= 15 is 0 Å². The number of aliphatic hydroxyl groups excluding tert-OH is 1. The van der Waals surface area contributed by atoms with Crippen LogP contribution in [0.25, 0.3) is 0 Å². The summed E-state index contributed by atoms with van der Waals surface area (Å²) in [4.78, 5) is 18.0. The number of hydrogen-bond acceptors (Lipinski definition) is 16. The van der Waals surface area contributed by atoms with Gasteiger partial charge in [-0.15, -0.1) is 32.2 Å². The number of aliphatic hydroxyl groups is 1. The first-order valence-corrected chi connectivity index (χ1v) is 24.2. The molecule has 1 aliphatic rings. The Hall–Kier alpha value is -5.78. The van der Waals surface area contributed by atoms with E-state index in [1.165, 1.54) is 62.4 Å². The van der Waals surface area contributed by atoms with Crippen LogP contribution in [0.3, 0.4) is 0 Å². The zero-order chi connectivity index (χ0) is 46.4. The van der Waals surface area contributed by atoms with Gasteiger partial charge in [-0.2, -0.15) is 21.8 Å². The maximum atomic E-state index is 12.2. The van der Waals surface area contributed by atoms with Crippen molar-refractivity contribution < 1.29 is 40.5 Å². The van der Waals surface area contributed by atoms with Crippen LogP contribution >= 0.6 is 11.8 Å². The predicted molar refractivity (Wildman–Crippen MR) is 253 cm³/mol. The van der Waals surface area contributed by atoms with Gasteiger partial charge in [0.2, 0.25) is 0 Å². The van der Waals surface area contributed by atoms with Gasteiger partial charge in [-0.1, -0.05) is 24.3 Å². The maximum Gasteiger partial charge on any atom is 0.296 e. The molecule has 0 bridgehead atoms. The molecule has 1 aliphatic heterocycles. The van der Waals surface area contributed by atoms with Gasteiger partial charge in [-0.25, -0.2) is 9.98 Å². The topological polar surface area (TPSA) is 252 Å². The fourth-order valence-electron chi connectivity index (χ4n) is 6.59. The van der Waals surface area contributed by atoms with Gasteiger partial charge in [0, 0.05) is 50.5 Å². The van der Waals surface area contributed by atoms with Crippen molar-refractivity contribution in [3.63, 3.8) is 0 Å². The third-order valence-corrected chi connectivity index (χ3v) is 12.5. The Labute approximate surface area is 377 Å². The van der Waals surface area contributed by atoms with Crippen LogP contribution in [0.4, 0.5) is 45.5 Å². The third kappa shape index (κ3) is 12.7. The molecule has 0 spiro atoms. The summed E-state index contributed by atoms with van der Waals surface area (Å²) in [6.45, 7) is 10.5. The van der Waals surface area contributed by atoms with E-state index in [1.54, 1.807) is 30.3 Å². The summed E-state index contributed by atoms with van der Waals surface area (Å²) in [5.74, 6) is 1.75. The first-order chi connectivity index (χ1) is 30.7. The molecule has 22 heteroatoms. The number of methoxy groups -OCH3 is 2. The first kappa shape index (κ1) is 49.2. The Morgan fingerprint density at radius 1 is 0.672 bits per heavy atom. The molecule has 5 rings (SSSR count). The van der Waals surface area contributed by atoms with Crippen LogP contribution in [-0.4, -0.2) is 101 Å². The number of hydrogen-bond donors (Lipinski definition) is 4. The van der Waals surface area contributed by atoms with Crippen molar-refractivity contribution in [2.75, 3.05) is 67.9 Å². The molecule has 0 fully saturated rings. The fourth-order valence-corrected chi connectivity index (χ4v) is 8.59. The highest BCUT2D eigenvalue weighted by Gasteiger charge is 2.21. The SMILES string of the molecule is CCN(CC)c1cc(N=C2N=C(Nc3cc(N(CC)CC)c(OC)cc3N=Nc3ccccc3S(=O)(=O)O)CCCC(SCCO)=N2)c(N=Nc2ccccc2S(=O)(=O)O)cc1OC. The standard InChI is InChI=1S/C42H52N10O9S3/c1-7-51(8-2)34-24-30(32(26-36(34)60-5)49-47-28-16-11-13-18-38(28)63(54,55)56)43-40-20-15-21-41(62-23-22-53)46-42(45-40)44-31-25-35(52(9-3)10-4)37(61-6)27-33(31)50-48-29-17-12-14-19-39(29)64(57,58)59/h11-14,16-19,24-27,53H,7-10,15,20-23H2,1-6H3,(H,43,44,45)(H,54,55,56)(H,57,58,59). The van der Waals surface area contributed by atoms with Crippen LogP contribution in [0.2, 0.25) is 0 Å². The Kier molecular flexibility index (Phi) is 17.5. The molecule has 1 heterocycles. The molecule has 4 aromatic carbocycles. The number of ether oxygens (including phenoxy) is 2. The number of aliphatic imine (C=N–C) groups is 3. The fraction of sp³-hybridized carbons (Fsp3) is 0.357. The van der Waals surface area contributed by atoms with Gasteiger partial charge < -0.3 is 29.7 Å². The molecule has 0 saturated carbocycles. The molecule has 19 nitrogen and oxygen atoms in total. The lowest BCUT2D eigenvalue weighted by Crippen LogP contribution is -2.23. The van der Waals surface area contributed by atoms with E-state index in [2.05, 4.69) is 35.6 Å². The molecule has 0 radical (unpaired) electrons. The molecule has 0 aromatic heterocycles. The minimum atomic E-state index is -4.64. The Bertz CT molecular complexity index is 2670. The van der Waals surface area contributed by atoms with Crippen molar-refractivity contribution in [2.24, 2.45) is 35.4 Å². The van der Waals surface area contributed by atoms with Crippen molar-refractivity contribution in [3.8, 4) is 11.5 Å². The normalized spacial score (nSPS) is 14.3. The van der Waals surface area contributed by atoms with Gasteiger partial charge in [0.1, 0.15) is 49.9 Å². The van der Waals surface area contributed by atoms with Crippen molar-refractivity contribution in [1.82, 2.24) is 0 Å². The van der Waals surface area contributed by atoms with Crippen molar-refractivity contribution in [3.05, 3.63) is 72.8 Å². The van der Waals surface area contributed by atoms with Crippen LogP contribution in [0, 0.1) is 0 Å². The summed E-state index contributed by atoms with van der Waals surface area (Å²) in [7, 11) is -6.21. The number of thioether (sulfide) groups is 1. The predicted octanol–water partition coefficient (Wildman–Crippen LogP) is 9.53. The second-order valence-corrected chi connectivity index (χ2v) is 17.7. The number of anilines is 3. The number of guanidine groups is 1. The van der Waals surface area contributed by atoms with E-state index in [0.29, 0.717) is 84.9 Å². The summed E-state index contributed by atoms with van der Waals surface area (Å²) < 4.78 is 80.1. The Morgan fingerprint density at radius 2 is 1.17 bits per heavy atom. The van der Waals surface area contributed by atoms with E-state index in [9.17, 15) is 31.0 Å². The van der Waals surface area contributed by atoms with Crippen molar-refractivity contribution in [1.29, 1.82) is 0 Å². The summed E-state index contributed by atoms with van der Waals surface area (Å²) in [6, 6.07) is 18.2. The molecule has 0 unspecified atom stereocenters. The monoisotopic (exact) mass is 936 g/mol. The van der Waals surface area contributed by atoms with E-state index in [0.717, 1.165) is 5.69 Å². The van der Waals surface area contributed by atoms with Crippen LogP contribution in [0.15, 0.2) is 118 Å². The van der Waals surface area contributed by atoms with E-state index < -0.39 is 30.0 Å². The minimum absolute atomic E-state index is 0.0100. The van der Waals surface area contributed by atoms with Gasteiger partial charge in [0.15, 0.2) is 0 Å². The number of rotatable bonds is 18. The number of benzene rings is 4. The van der Waals surface area contributed by atoms with Gasteiger partial charge in [-0.3, -0.25) is 9.11 Å². The van der Waals surface area contributed by atoms with E-state index in [4.69, 9.17) is 24.5 Å². The lowest BCUT2D eigenvalue weighted by molar-refractivity contribution is 0.323. The summed E-state index contributed by atoms with van der Waals surface area (Å²) in [5, 5.41) is 31.1. The highest BCUT2D eigenvalue weighted by atomic mass is 32.2. The largest absolute Gasteiger partial charge is 0.494 e. The lowest BCUT2D eigenvalue weighted by Gasteiger charge is -2.25.